The quantitative estimate of drug-likeness (QED) is 0.460. The van der Waals surface area contributed by atoms with Crippen molar-refractivity contribution in [1.82, 2.24) is 34.3 Å². The van der Waals surface area contributed by atoms with Gasteiger partial charge in [0.25, 0.3) is 0 Å². The summed E-state index contributed by atoms with van der Waals surface area (Å²) < 4.78 is 10.1. The first-order chi connectivity index (χ1) is 15.4. The van der Waals surface area contributed by atoms with Gasteiger partial charge in [0.15, 0.2) is 5.82 Å². The number of hydrogen-bond acceptors (Lipinski definition) is 6. The number of fused-ring (bicyclic) bond motifs is 1. The molecule has 0 N–H and O–H groups in total. The number of hydrogen-bond donors (Lipinski definition) is 0. The van der Waals surface area contributed by atoms with Crippen molar-refractivity contribution in [3.8, 4) is 11.8 Å². The molecule has 2 saturated carbocycles. The van der Waals surface area contributed by atoms with Crippen LogP contribution in [0.1, 0.15) is 61.2 Å². The van der Waals surface area contributed by atoms with Gasteiger partial charge >= 0.3 is 6.01 Å². The van der Waals surface area contributed by atoms with E-state index in [4.69, 9.17) is 14.7 Å². The van der Waals surface area contributed by atoms with E-state index in [2.05, 4.69) is 51.8 Å². The first-order valence-electron chi connectivity index (χ1n) is 11.2. The zero-order chi connectivity index (χ0) is 22.0. The summed E-state index contributed by atoms with van der Waals surface area (Å²) in [5, 5.41) is 4.53. The largest absolute Gasteiger partial charge is 0.463 e. The molecular weight excluding hydrogens is 402 g/mol. The SMILES string of the molecule is Cc1nc(C)n(-c2cc([C@@H]3C[C@H]3c3nc4ccccc4n3C)nc(OCC3(C)CC3)n2)n1. The van der Waals surface area contributed by atoms with Crippen LogP contribution in [0.5, 0.6) is 6.01 Å². The van der Waals surface area contributed by atoms with Gasteiger partial charge in [-0.3, -0.25) is 0 Å². The van der Waals surface area contributed by atoms with Crippen LogP contribution < -0.4 is 4.74 Å². The monoisotopic (exact) mass is 429 g/mol. The Balaban J connectivity index is 1.35. The highest BCUT2D eigenvalue weighted by atomic mass is 16.5. The highest BCUT2D eigenvalue weighted by Gasteiger charge is 2.44. The molecule has 2 atom stereocenters. The summed E-state index contributed by atoms with van der Waals surface area (Å²) in [5.74, 6) is 3.96. The van der Waals surface area contributed by atoms with E-state index >= 15 is 0 Å². The van der Waals surface area contributed by atoms with E-state index in [9.17, 15) is 0 Å². The minimum atomic E-state index is 0.258. The molecule has 0 aliphatic heterocycles. The Morgan fingerprint density at radius 1 is 1.06 bits per heavy atom. The molecule has 164 valence electrons. The smallest absolute Gasteiger partial charge is 0.318 e. The molecule has 4 aromatic rings. The van der Waals surface area contributed by atoms with Crippen molar-refractivity contribution < 1.29 is 4.74 Å². The number of aromatic nitrogens is 7. The van der Waals surface area contributed by atoms with Crippen LogP contribution in [0.4, 0.5) is 0 Å². The van der Waals surface area contributed by atoms with E-state index in [1.54, 1.807) is 4.68 Å². The summed E-state index contributed by atoms with van der Waals surface area (Å²) >= 11 is 0. The Labute approximate surface area is 186 Å². The summed E-state index contributed by atoms with van der Waals surface area (Å²) in [7, 11) is 2.10. The summed E-state index contributed by atoms with van der Waals surface area (Å²) in [5.41, 5.74) is 3.44. The second-order valence-electron chi connectivity index (χ2n) is 9.62. The maximum Gasteiger partial charge on any atom is 0.318 e. The lowest BCUT2D eigenvalue weighted by Crippen LogP contribution is -2.13. The van der Waals surface area contributed by atoms with Gasteiger partial charge in [0.1, 0.15) is 17.5 Å². The van der Waals surface area contributed by atoms with E-state index in [-0.39, 0.29) is 11.3 Å². The minimum Gasteiger partial charge on any atom is -0.463 e. The Morgan fingerprint density at radius 2 is 1.88 bits per heavy atom. The standard InChI is InChI=1S/C24H27N7O/c1-14-25-15(2)31(29-14)21-12-19(27-23(28-21)32-13-24(3)9-10-24)16-11-17(16)22-26-18-7-5-6-8-20(18)30(22)4/h5-8,12,16-17H,9-11,13H2,1-4H3/t16-,17-/m1/s1. The summed E-state index contributed by atoms with van der Waals surface area (Å²) in [6.45, 7) is 6.71. The maximum atomic E-state index is 6.07. The second kappa shape index (κ2) is 6.85. The Bertz CT molecular complexity index is 1330. The normalized spacial score (nSPS) is 21.1. The molecule has 0 saturated heterocycles. The summed E-state index contributed by atoms with van der Waals surface area (Å²) in [4.78, 5) is 18.8. The van der Waals surface area contributed by atoms with Crippen molar-refractivity contribution in [2.24, 2.45) is 12.5 Å². The zero-order valence-electron chi connectivity index (χ0n) is 18.9. The first-order valence-corrected chi connectivity index (χ1v) is 11.2. The van der Waals surface area contributed by atoms with Crippen molar-refractivity contribution in [1.29, 1.82) is 0 Å². The number of aryl methyl sites for hydroxylation is 3. The number of rotatable bonds is 6. The fourth-order valence-electron chi connectivity index (χ4n) is 4.43. The lowest BCUT2D eigenvalue weighted by atomic mass is 10.2. The molecule has 2 aliphatic carbocycles. The van der Waals surface area contributed by atoms with Crippen LogP contribution in [0.25, 0.3) is 16.9 Å². The van der Waals surface area contributed by atoms with Crippen molar-refractivity contribution >= 4 is 11.0 Å². The number of benzene rings is 1. The van der Waals surface area contributed by atoms with Crippen molar-refractivity contribution in [2.75, 3.05) is 6.61 Å². The lowest BCUT2D eigenvalue weighted by molar-refractivity contribution is 0.228. The zero-order valence-corrected chi connectivity index (χ0v) is 18.9. The van der Waals surface area contributed by atoms with Gasteiger partial charge in [-0.15, -0.1) is 5.10 Å². The van der Waals surface area contributed by atoms with Gasteiger partial charge in [-0.25, -0.2) is 9.97 Å². The Hall–Kier alpha value is -3.29. The molecule has 8 nitrogen and oxygen atoms in total. The fourth-order valence-corrected chi connectivity index (χ4v) is 4.43. The third-order valence-electron chi connectivity index (χ3n) is 6.78. The average molecular weight is 430 g/mol. The van der Waals surface area contributed by atoms with Crippen LogP contribution >= 0.6 is 0 Å². The third-order valence-corrected chi connectivity index (χ3v) is 6.78. The van der Waals surface area contributed by atoms with Crippen molar-refractivity contribution in [3.05, 3.63) is 53.5 Å². The Kier molecular flexibility index (Phi) is 4.15. The van der Waals surface area contributed by atoms with Gasteiger partial charge < -0.3 is 9.30 Å². The molecule has 2 aliphatic rings. The van der Waals surface area contributed by atoms with E-state index in [0.29, 0.717) is 24.4 Å². The van der Waals surface area contributed by atoms with Crippen molar-refractivity contribution in [2.45, 2.75) is 51.9 Å². The van der Waals surface area contributed by atoms with Gasteiger partial charge in [-0.05, 0) is 45.2 Å². The summed E-state index contributed by atoms with van der Waals surface area (Å²) in [6, 6.07) is 10.7. The molecular formula is C24H27N7O. The van der Waals surface area contributed by atoms with Gasteiger partial charge in [-0.1, -0.05) is 19.1 Å². The van der Waals surface area contributed by atoms with Crippen LogP contribution in [-0.2, 0) is 7.05 Å². The molecule has 2 fully saturated rings. The van der Waals surface area contributed by atoms with Crippen LogP contribution in [0, 0.1) is 19.3 Å². The molecule has 8 heteroatoms. The van der Waals surface area contributed by atoms with E-state index in [1.807, 2.05) is 26.0 Å². The molecule has 32 heavy (non-hydrogen) atoms. The molecule has 0 unspecified atom stereocenters. The molecule has 1 aromatic carbocycles. The van der Waals surface area contributed by atoms with Crippen molar-refractivity contribution in [3.63, 3.8) is 0 Å². The van der Waals surface area contributed by atoms with Gasteiger partial charge in [0.05, 0.1) is 23.3 Å². The third kappa shape index (κ3) is 3.34. The molecule has 3 heterocycles. The predicted molar refractivity (Wildman–Crippen MR) is 120 cm³/mol. The van der Waals surface area contributed by atoms with Crippen LogP contribution in [0.2, 0.25) is 0 Å². The van der Waals surface area contributed by atoms with E-state index < -0.39 is 0 Å². The molecule has 0 amide bonds. The van der Waals surface area contributed by atoms with Crippen LogP contribution in [0.15, 0.2) is 30.3 Å². The first kappa shape index (κ1) is 19.4. The fraction of sp³-hybridized carbons (Fsp3) is 0.458. The van der Waals surface area contributed by atoms with Crippen LogP contribution in [0.3, 0.4) is 0 Å². The highest BCUT2D eigenvalue weighted by Crippen LogP contribution is 2.54. The topological polar surface area (TPSA) is 83.5 Å². The highest BCUT2D eigenvalue weighted by molar-refractivity contribution is 5.76. The van der Waals surface area contributed by atoms with Gasteiger partial charge in [0, 0.05) is 30.4 Å². The minimum absolute atomic E-state index is 0.258. The molecule has 0 bridgehead atoms. The second-order valence-corrected chi connectivity index (χ2v) is 9.62. The average Bonchev–Trinajstić information content (AvgIpc) is 3.67. The van der Waals surface area contributed by atoms with Gasteiger partial charge in [-0.2, -0.15) is 14.6 Å². The number of para-hydroxylation sites is 2. The molecule has 0 spiro atoms. The van der Waals surface area contributed by atoms with Crippen LogP contribution in [-0.4, -0.2) is 40.9 Å². The Morgan fingerprint density at radius 3 is 2.59 bits per heavy atom. The summed E-state index contributed by atoms with van der Waals surface area (Å²) in [6.07, 6.45) is 3.40. The van der Waals surface area contributed by atoms with E-state index in [1.165, 1.54) is 12.8 Å². The lowest BCUT2D eigenvalue weighted by Gasteiger charge is -2.12. The number of nitrogens with zero attached hydrogens (tertiary/aromatic N) is 7. The molecule has 6 rings (SSSR count). The maximum absolute atomic E-state index is 6.07. The number of imidazole rings is 1. The molecule has 0 radical (unpaired) electrons. The van der Waals surface area contributed by atoms with E-state index in [0.717, 1.165) is 40.6 Å². The number of ether oxygens (including phenoxy) is 1. The molecule has 3 aromatic heterocycles. The van der Waals surface area contributed by atoms with Gasteiger partial charge in [0.2, 0.25) is 0 Å². The predicted octanol–water partition coefficient (Wildman–Crippen LogP) is 4.01.